The van der Waals surface area contributed by atoms with Crippen LogP contribution in [0.3, 0.4) is 0 Å². The van der Waals surface area contributed by atoms with Gasteiger partial charge in [-0.05, 0) is 55.8 Å². The molecule has 0 radical (unpaired) electrons. The summed E-state index contributed by atoms with van der Waals surface area (Å²) in [6.45, 7) is 5.62. The Morgan fingerprint density at radius 2 is 1.36 bits per heavy atom. The molecule has 0 saturated carbocycles. The minimum absolute atomic E-state index is 0.100. The number of rotatable bonds is 7. The molecule has 0 aliphatic rings. The number of carbonyl (C=O) groups excluding carboxylic acids is 1. The van der Waals surface area contributed by atoms with Crippen molar-refractivity contribution in [2.45, 2.75) is 20.4 Å². The second kappa shape index (κ2) is 8.08. The van der Waals surface area contributed by atoms with Crippen molar-refractivity contribution in [2.24, 2.45) is 0 Å². The smallest absolute Gasteiger partial charge is 0.251 e. The highest BCUT2D eigenvalue weighted by molar-refractivity contribution is 5.94. The van der Waals surface area contributed by atoms with Gasteiger partial charge in [-0.25, -0.2) is 0 Å². The van der Waals surface area contributed by atoms with Crippen molar-refractivity contribution >= 4 is 5.91 Å². The first kappa shape index (κ1) is 15.9. The van der Waals surface area contributed by atoms with Crippen LogP contribution >= 0.6 is 0 Å². The van der Waals surface area contributed by atoms with Crippen molar-refractivity contribution < 1.29 is 14.3 Å². The highest BCUT2D eigenvalue weighted by Crippen LogP contribution is 2.13. The minimum atomic E-state index is -0.100. The fourth-order valence-electron chi connectivity index (χ4n) is 2.02. The first-order valence-corrected chi connectivity index (χ1v) is 7.45. The molecule has 4 heteroatoms. The number of carbonyl (C=O) groups is 1. The van der Waals surface area contributed by atoms with Crippen molar-refractivity contribution in [2.75, 3.05) is 13.2 Å². The molecule has 0 heterocycles. The molecule has 0 aliphatic carbocycles. The van der Waals surface area contributed by atoms with Crippen LogP contribution in [0.1, 0.15) is 29.8 Å². The van der Waals surface area contributed by atoms with E-state index in [1.165, 1.54) is 0 Å². The van der Waals surface area contributed by atoms with Gasteiger partial charge < -0.3 is 14.8 Å². The summed E-state index contributed by atoms with van der Waals surface area (Å²) in [5.74, 6) is 1.51. The summed E-state index contributed by atoms with van der Waals surface area (Å²) in [7, 11) is 0. The van der Waals surface area contributed by atoms with Crippen LogP contribution in [0.25, 0.3) is 0 Å². The molecule has 0 fully saturated rings. The summed E-state index contributed by atoms with van der Waals surface area (Å²) >= 11 is 0. The molecule has 0 aromatic heterocycles. The third-order valence-electron chi connectivity index (χ3n) is 3.11. The molecule has 4 nitrogen and oxygen atoms in total. The van der Waals surface area contributed by atoms with E-state index in [2.05, 4.69) is 5.32 Å². The monoisotopic (exact) mass is 299 g/mol. The summed E-state index contributed by atoms with van der Waals surface area (Å²) in [5.41, 5.74) is 1.65. The summed E-state index contributed by atoms with van der Waals surface area (Å²) in [5, 5.41) is 2.90. The quantitative estimate of drug-likeness (QED) is 0.852. The van der Waals surface area contributed by atoms with Gasteiger partial charge in [-0.15, -0.1) is 0 Å². The van der Waals surface area contributed by atoms with Crippen LogP contribution in [0, 0.1) is 0 Å². The standard InChI is InChI=1S/C18H21NO3/c1-3-21-16-9-5-14(6-10-16)13-19-18(20)15-7-11-17(12-8-15)22-4-2/h5-12H,3-4,13H2,1-2H3,(H,19,20). The molecule has 0 aliphatic heterocycles. The number of hydrogen-bond acceptors (Lipinski definition) is 3. The van der Waals surface area contributed by atoms with E-state index >= 15 is 0 Å². The molecule has 1 N–H and O–H groups in total. The Kier molecular flexibility index (Phi) is 5.83. The van der Waals surface area contributed by atoms with Gasteiger partial charge in [0, 0.05) is 12.1 Å². The Labute approximate surface area is 131 Å². The molecule has 22 heavy (non-hydrogen) atoms. The molecule has 0 saturated heterocycles. The lowest BCUT2D eigenvalue weighted by atomic mass is 10.2. The van der Waals surface area contributed by atoms with Crippen LogP contribution < -0.4 is 14.8 Å². The summed E-state index contributed by atoms with van der Waals surface area (Å²) < 4.78 is 10.7. The number of nitrogens with one attached hydrogen (secondary N) is 1. The zero-order valence-corrected chi connectivity index (χ0v) is 13.0. The van der Waals surface area contributed by atoms with Crippen LogP contribution in [0.5, 0.6) is 11.5 Å². The fraction of sp³-hybridized carbons (Fsp3) is 0.278. The van der Waals surface area contributed by atoms with Crippen LogP contribution in [-0.2, 0) is 6.54 Å². The van der Waals surface area contributed by atoms with Crippen molar-refractivity contribution in [3.8, 4) is 11.5 Å². The number of amides is 1. The van der Waals surface area contributed by atoms with Crippen LogP contribution in [0.2, 0.25) is 0 Å². The summed E-state index contributed by atoms with van der Waals surface area (Å²) in [6, 6.07) is 14.8. The summed E-state index contributed by atoms with van der Waals surface area (Å²) in [4.78, 5) is 12.1. The van der Waals surface area contributed by atoms with E-state index in [9.17, 15) is 4.79 Å². The lowest BCUT2D eigenvalue weighted by Crippen LogP contribution is -2.22. The van der Waals surface area contributed by atoms with Gasteiger partial charge in [-0.2, -0.15) is 0 Å². The molecule has 2 rings (SSSR count). The SMILES string of the molecule is CCOc1ccc(CNC(=O)c2ccc(OCC)cc2)cc1. The normalized spacial score (nSPS) is 10.1. The Morgan fingerprint density at radius 1 is 0.864 bits per heavy atom. The molecular formula is C18H21NO3. The Bertz CT molecular complexity index is 591. The van der Waals surface area contributed by atoms with Gasteiger partial charge in [0.25, 0.3) is 5.91 Å². The molecule has 0 spiro atoms. The molecule has 2 aromatic carbocycles. The average molecular weight is 299 g/mol. The molecule has 0 unspecified atom stereocenters. The van der Waals surface area contributed by atoms with Crippen molar-refractivity contribution in [3.63, 3.8) is 0 Å². The molecule has 2 aromatic rings. The maximum Gasteiger partial charge on any atom is 0.251 e. The van der Waals surface area contributed by atoms with Gasteiger partial charge in [-0.1, -0.05) is 12.1 Å². The lowest BCUT2D eigenvalue weighted by Gasteiger charge is -2.08. The van der Waals surface area contributed by atoms with Crippen LogP contribution in [0.15, 0.2) is 48.5 Å². The zero-order valence-electron chi connectivity index (χ0n) is 13.0. The van der Waals surface area contributed by atoms with Gasteiger partial charge in [0.2, 0.25) is 0 Å². The van der Waals surface area contributed by atoms with Crippen molar-refractivity contribution in [1.29, 1.82) is 0 Å². The minimum Gasteiger partial charge on any atom is -0.494 e. The van der Waals surface area contributed by atoms with E-state index in [4.69, 9.17) is 9.47 Å². The maximum absolute atomic E-state index is 12.1. The summed E-state index contributed by atoms with van der Waals surface area (Å²) in [6.07, 6.45) is 0. The van der Waals surface area contributed by atoms with E-state index in [-0.39, 0.29) is 5.91 Å². The lowest BCUT2D eigenvalue weighted by molar-refractivity contribution is 0.0951. The van der Waals surface area contributed by atoms with E-state index in [1.807, 2.05) is 38.1 Å². The fourth-order valence-corrected chi connectivity index (χ4v) is 2.02. The molecule has 1 amide bonds. The van der Waals surface area contributed by atoms with Gasteiger partial charge in [0.1, 0.15) is 11.5 Å². The Hall–Kier alpha value is -2.49. The Morgan fingerprint density at radius 3 is 1.86 bits per heavy atom. The number of ether oxygens (including phenoxy) is 2. The van der Waals surface area contributed by atoms with Gasteiger partial charge in [-0.3, -0.25) is 4.79 Å². The van der Waals surface area contributed by atoms with Gasteiger partial charge in [0.05, 0.1) is 13.2 Å². The predicted molar refractivity (Wildman–Crippen MR) is 86.4 cm³/mol. The first-order chi connectivity index (χ1) is 10.7. The van der Waals surface area contributed by atoms with E-state index in [0.717, 1.165) is 17.1 Å². The van der Waals surface area contributed by atoms with Gasteiger partial charge in [0.15, 0.2) is 0 Å². The van der Waals surface area contributed by atoms with Gasteiger partial charge >= 0.3 is 0 Å². The number of hydrogen-bond donors (Lipinski definition) is 1. The van der Waals surface area contributed by atoms with E-state index < -0.39 is 0 Å². The first-order valence-electron chi connectivity index (χ1n) is 7.45. The Balaban J connectivity index is 1.88. The molecule has 0 bridgehead atoms. The van der Waals surface area contributed by atoms with E-state index in [1.54, 1.807) is 24.3 Å². The van der Waals surface area contributed by atoms with Crippen LogP contribution in [0.4, 0.5) is 0 Å². The van der Waals surface area contributed by atoms with Crippen LogP contribution in [-0.4, -0.2) is 19.1 Å². The molecule has 116 valence electrons. The highest BCUT2D eigenvalue weighted by Gasteiger charge is 2.05. The highest BCUT2D eigenvalue weighted by atomic mass is 16.5. The zero-order chi connectivity index (χ0) is 15.8. The second-order valence-corrected chi connectivity index (χ2v) is 4.72. The topological polar surface area (TPSA) is 47.6 Å². The molecular weight excluding hydrogens is 278 g/mol. The number of benzene rings is 2. The average Bonchev–Trinajstić information content (AvgIpc) is 2.55. The largest absolute Gasteiger partial charge is 0.494 e. The second-order valence-electron chi connectivity index (χ2n) is 4.72. The molecule has 0 atom stereocenters. The third-order valence-corrected chi connectivity index (χ3v) is 3.11. The maximum atomic E-state index is 12.1. The third kappa shape index (κ3) is 4.52. The van der Waals surface area contributed by atoms with Crippen molar-refractivity contribution in [3.05, 3.63) is 59.7 Å². The predicted octanol–water partition coefficient (Wildman–Crippen LogP) is 3.41. The van der Waals surface area contributed by atoms with E-state index in [0.29, 0.717) is 25.3 Å². The van der Waals surface area contributed by atoms with Crippen molar-refractivity contribution in [1.82, 2.24) is 5.32 Å².